The fourth-order valence-electron chi connectivity index (χ4n) is 3.27. The first-order valence-electron chi connectivity index (χ1n) is 8.93. The number of rotatable bonds is 4. The van der Waals surface area contributed by atoms with E-state index in [1.165, 1.54) is 27.1 Å². The molecular weight excluding hydrogens is 350 g/mol. The van der Waals surface area contributed by atoms with Crippen LogP contribution in [0.1, 0.15) is 11.1 Å². The molecule has 0 aliphatic carbocycles. The van der Waals surface area contributed by atoms with Gasteiger partial charge in [-0.05, 0) is 55.8 Å². The van der Waals surface area contributed by atoms with Crippen LogP contribution < -0.4 is 4.74 Å². The molecule has 0 radical (unpaired) electrons. The third-order valence-corrected chi connectivity index (χ3v) is 5.65. The molecular formula is C24H21NOS. The predicted octanol–water partition coefficient (Wildman–Crippen LogP) is 6.77. The Morgan fingerprint density at radius 3 is 2.04 bits per heavy atom. The van der Waals surface area contributed by atoms with Crippen molar-refractivity contribution in [2.24, 2.45) is 0 Å². The second-order valence-electron chi connectivity index (χ2n) is 6.67. The van der Waals surface area contributed by atoms with Gasteiger partial charge in [0.05, 0.1) is 17.7 Å². The molecule has 0 aliphatic heterocycles. The maximum atomic E-state index is 5.30. The monoisotopic (exact) mass is 371 g/mol. The molecule has 1 aromatic heterocycles. The van der Waals surface area contributed by atoms with Gasteiger partial charge in [0.1, 0.15) is 10.8 Å². The highest BCUT2D eigenvalue weighted by atomic mass is 32.1. The van der Waals surface area contributed by atoms with E-state index in [1.807, 2.05) is 18.2 Å². The Morgan fingerprint density at radius 1 is 0.741 bits per heavy atom. The highest BCUT2D eigenvalue weighted by Gasteiger charge is 2.16. The summed E-state index contributed by atoms with van der Waals surface area (Å²) in [5.74, 6) is 0.852. The lowest BCUT2D eigenvalue weighted by atomic mass is 10.1. The van der Waals surface area contributed by atoms with Gasteiger partial charge >= 0.3 is 0 Å². The van der Waals surface area contributed by atoms with Crippen LogP contribution in [-0.4, -0.2) is 12.1 Å². The minimum atomic E-state index is 0.852. The van der Waals surface area contributed by atoms with E-state index in [1.54, 1.807) is 18.4 Å². The van der Waals surface area contributed by atoms with Crippen LogP contribution in [0, 0.1) is 13.8 Å². The van der Waals surface area contributed by atoms with Crippen molar-refractivity contribution in [3.8, 4) is 38.0 Å². The molecule has 4 aromatic rings. The molecule has 0 bridgehead atoms. The molecule has 0 unspecified atom stereocenters. The van der Waals surface area contributed by atoms with Crippen molar-refractivity contribution >= 4 is 11.3 Å². The van der Waals surface area contributed by atoms with Gasteiger partial charge in [0.15, 0.2) is 0 Å². The Balaban J connectivity index is 1.89. The number of hydrogen-bond acceptors (Lipinski definition) is 3. The Kier molecular flexibility index (Phi) is 4.78. The molecule has 27 heavy (non-hydrogen) atoms. The number of thiazole rings is 1. The summed E-state index contributed by atoms with van der Waals surface area (Å²) in [6.07, 6.45) is 0. The van der Waals surface area contributed by atoms with Gasteiger partial charge in [-0.25, -0.2) is 4.98 Å². The van der Waals surface area contributed by atoms with Crippen molar-refractivity contribution in [2.75, 3.05) is 7.11 Å². The lowest BCUT2D eigenvalue weighted by molar-refractivity contribution is 0.415. The minimum absolute atomic E-state index is 0.852. The number of benzene rings is 3. The van der Waals surface area contributed by atoms with E-state index in [0.29, 0.717) is 0 Å². The molecule has 3 aromatic carbocycles. The quantitative estimate of drug-likeness (QED) is 0.395. The zero-order chi connectivity index (χ0) is 18.8. The molecule has 0 spiro atoms. The molecule has 0 atom stereocenters. The average Bonchev–Trinajstić information content (AvgIpc) is 3.13. The number of aryl methyl sites for hydroxylation is 2. The Bertz CT molecular complexity index is 1050. The summed E-state index contributed by atoms with van der Waals surface area (Å²) in [5.41, 5.74) is 7.00. The highest BCUT2D eigenvalue weighted by Crippen LogP contribution is 2.41. The van der Waals surface area contributed by atoms with Crippen LogP contribution >= 0.6 is 11.3 Å². The van der Waals surface area contributed by atoms with E-state index in [4.69, 9.17) is 9.72 Å². The average molecular weight is 372 g/mol. The first kappa shape index (κ1) is 17.5. The number of ether oxygens (including phenoxy) is 1. The smallest absolute Gasteiger partial charge is 0.124 e. The summed E-state index contributed by atoms with van der Waals surface area (Å²) in [4.78, 5) is 6.23. The lowest BCUT2D eigenvalue weighted by Gasteiger charge is -2.04. The van der Waals surface area contributed by atoms with E-state index in [2.05, 4.69) is 68.4 Å². The second kappa shape index (κ2) is 7.37. The van der Waals surface area contributed by atoms with Gasteiger partial charge in [0.2, 0.25) is 0 Å². The predicted molar refractivity (Wildman–Crippen MR) is 114 cm³/mol. The zero-order valence-corrected chi connectivity index (χ0v) is 16.5. The lowest BCUT2D eigenvalue weighted by Crippen LogP contribution is -1.86. The molecule has 0 fully saturated rings. The summed E-state index contributed by atoms with van der Waals surface area (Å²) in [6.45, 7) is 4.26. The van der Waals surface area contributed by atoms with Crippen LogP contribution in [0.5, 0.6) is 5.75 Å². The van der Waals surface area contributed by atoms with E-state index < -0.39 is 0 Å². The van der Waals surface area contributed by atoms with Gasteiger partial charge in [-0.15, -0.1) is 11.3 Å². The van der Waals surface area contributed by atoms with Crippen LogP contribution in [0.25, 0.3) is 32.3 Å². The SMILES string of the molecule is COc1ccc(-c2nc(-c3cc(C)cc(C)c3)sc2-c2ccccc2)cc1. The van der Waals surface area contributed by atoms with Gasteiger partial charge in [-0.2, -0.15) is 0 Å². The van der Waals surface area contributed by atoms with Crippen LogP contribution in [0.3, 0.4) is 0 Å². The van der Waals surface area contributed by atoms with Gasteiger partial charge in [0.25, 0.3) is 0 Å². The van der Waals surface area contributed by atoms with Crippen LogP contribution in [0.2, 0.25) is 0 Å². The highest BCUT2D eigenvalue weighted by molar-refractivity contribution is 7.19. The molecule has 4 rings (SSSR count). The van der Waals surface area contributed by atoms with E-state index >= 15 is 0 Å². The van der Waals surface area contributed by atoms with Crippen LogP contribution in [0.15, 0.2) is 72.8 Å². The van der Waals surface area contributed by atoms with Gasteiger partial charge in [0, 0.05) is 11.1 Å². The normalized spacial score (nSPS) is 10.8. The van der Waals surface area contributed by atoms with Crippen molar-refractivity contribution in [1.82, 2.24) is 4.98 Å². The number of methoxy groups -OCH3 is 1. The second-order valence-corrected chi connectivity index (χ2v) is 7.67. The fourth-order valence-corrected chi connectivity index (χ4v) is 4.35. The molecule has 3 heteroatoms. The van der Waals surface area contributed by atoms with E-state index in [-0.39, 0.29) is 0 Å². The van der Waals surface area contributed by atoms with Crippen LogP contribution in [0.4, 0.5) is 0 Å². The standard InChI is InChI=1S/C24H21NOS/c1-16-13-17(2)15-20(14-16)24-25-22(18-9-11-21(26-3)12-10-18)23(27-24)19-7-5-4-6-8-19/h4-15H,1-3H3. The van der Waals surface area contributed by atoms with Crippen molar-refractivity contribution in [3.05, 3.63) is 83.9 Å². The molecule has 2 nitrogen and oxygen atoms in total. The molecule has 0 saturated heterocycles. The van der Waals surface area contributed by atoms with Gasteiger partial charge < -0.3 is 4.74 Å². The van der Waals surface area contributed by atoms with E-state index in [9.17, 15) is 0 Å². The summed E-state index contributed by atoms with van der Waals surface area (Å²) in [5, 5.41) is 1.05. The maximum absolute atomic E-state index is 5.30. The Morgan fingerprint density at radius 2 is 1.41 bits per heavy atom. The third kappa shape index (κ3) is 3.64. The maximum Gasteiger partial charge on any atom is 0.124 e. The first-order valence-corrected chi connectivity index (χ1v) is 9.75. The third-order valence-electron chi connectivity index (χ3n) is 4.50. The van der Waals surface area contributed by atoms with Crippen LogP contribution in [-0.2, 0) is 0 Å². The summed E-state index contributed by atoms with van der Waals surface area (Å²) < 4.78 is 5.30. The fraction of sp³-hybridized carbons (Fsp3) is 0.125. The largest absolute Gasteiger partial charge is 0.497 e. The summed E-state index contributed by atoms with van der Waals surface area (Å²) in [6, 6.07) is 25.2. The molecule has 0 amide bonds. The number of nitrogens with zero attached hydrogens (tertiary/aromatic N) is 1. The number of aromatic nitrogens is 1. The minimum Gasteiger partial charge on any atom is -0.497 e. The van der Waals surface area contributed by atoms with Crippen molar-refractivity contribution < 1.29 is 4.74 Å². The molecule has 1 heterocycles. The van der Waals surface area contributed by atoms with Crippen molar-refractivity contribution in [2.45, 2.75) is 13.8 Å². The molecule has 0 N–H and O–H groups in total. The van der Waals surface area contributed by atoms with E-state index in [0.717, 1.165) is 22.0 Å². The molecule has 0 saturated carbocycles. The zero-order valence-electron chi connectivity index (χ0n) is 15.7. The number of hydrogen-bond donors (Lipinski definition) is 0. The first-order chi connectivity index (χ1) is 13.1. The summed E-state index contributed by atoms with van der Waals surface area (Å²) in [7, 11) is 1.69. The molecule has 134 valence electrons. The van der Waals surface area contributed by atoms with Gasteiger partial charge in [-0.3, -0.25) is 0 Å². The van der Waals surface area contributed by atoms with Crippen molar-refractivity contribution in [3.63, 3.8) is 0 Å². The Hall–Kier alpha value is -2.91. The van der Waals surface area contributed by atoms with Gasteiger partial charge in [-0.1, -0.05) is 47.5 Å². The topological polar surface area (TPSA) is 22.1 Å². The summed E-state index contributed by atoms with van der Waals surface area (Å²) >= 11 is 1.75. The van der Waals surface area contributed by atoms with Crippen molar-refractivity contribution in [1.29, 1.82) is 0 Å². The Labute approximate surface area is 164 Å². The molecule has 0 aliphatic rings.